The van der Waals surface area contributed by atoms with Crippen molar-refractivity contribution < 1.29 is 9.90 Å². The molecule has 0 atom stereocenters. The summed E-state index contributed by atoms with van der Waals surface area (Å²) in [6.07, 6.45) is 3.49. The number of aromatic nitrogens is 2. The first-order chi connectivity index (χ1) is 9.95. The van der Waals surface area contributed by atoms with Gasteiger partial charge in [0.15, 0.2) is 0 Å². The highest BCUT2D eigenvalue weighted by atomic mass is 16.4. The molecular formula is C16H15N2O3-. The maximum absolute atomic E-state index is 11.5. The van der Waals surface area contributed by atoms with Gasteiger partial charge in [-0.15, -0.1) is 0 Å². The topological polar surface area (TPSA) is 85.9 Å². The number of aromatic amines is 1. The first-order valence-corrected chi connectivity index (χ1v) is 6.56. The number of nitrogens with zero attached hydrogens (tertiary/aromatic N) is 1. The molecule has 0 spiro atoms. The van der Waals surface area contributed by atoms with Crippen molar-refractivity contribution in [1.82, 2.24) is 9.97 Å². The first-order valence-electron chi connectivity index (χ1n) is 6.56. The van der Waals surface area contributed by atoms with E-state index in [1.165, 1.54) is 18.2 Å². The van der Waals surface area contributed by atoms with Gasteiger partial charge in [-0.1, -0.05) is 44.2 Å². The molecule has 5 heteroatoms. The van der Waals surface area contributed by atoms with Gasteiger partial charge >= 0.3 is 0 Å². The van der Waals surface area contributed by atoms with Crippen LogP contribution in [0.4, 0.5) is 0 Å². The molecule has 1 aromatic carbocycles. The lowest BCUT2D eigenvalue weighted by atomic mass is 10.1. The maximum atomic E-state index is 11.5. The quantitative estimate of drug-likeness (QED) is 0.919. The van der Waals surface area contributed by atoms with Crippen LogP contribution in [0.1, 0.15) is 47.2 Å². The lowest BCUT2D eigenvalue weighted by Crippen LogP contribution is -2.21. The van der Waals surface area contributed by atoms with Crippen molar-refractivity contribution in [2.45, 2.75) is 19.8 Å². The predicted octanol–water partition coefficient (Wildman–Crippen LogP) is 1.43. The summed E-state index contributed by atoms with van der Waals surface area (Å²) in [5.74, 6) is -0.439. The van der Waals surface area contributed by atoms with Crippen LogP contribution in [-0.2, 0) is 0 Å². The van der Waals surface area contributed by atoms with E-state index in [1.807, 2.05) is 13.8 Å². The second-order valence-corrected chi connectivity index (χ2v) is 4.95. The second-order valence-electron chi connectivity index (χ2n) is 4.95. The molecule has 1 heterocycles. The molecule has 1 aromatic heterocycles. The average molecular weight is 283 g/mol. The molecule has 2 aromatic rings. The predicted molar refractivity (Wildman–Crippen MR) is 78.6 cm³/mol. The largest absolute Gasteiger partial charge is 0.545 e. The first kappa shape index (κ1) is 14.7. The molecule has 0 saturated carbocycles. The minimum Gasteiger partial charge on any atom is -0.545 e. The van der Waals surface area contributed by atoms with Crippen LogP contribution in [0, 0.1) is 0 Å². The maximum Gasteiger partial charge on any atom is 0.251 e. The number of benzene rings is 1. The zero-order chi connectivity index (χ0) is 15.4. The van der Waals surface area contributed by atoms with Crippen molar-refractivity contribution in [3.63, 3.8) is 0 Å². The summed E-state index contributed by atoms with van der Waals surface area (Å²) in [5, 5.41) is 10.7. The molecule has 1 N–H and O–H groups in total. The summed E-state index contributed by atoms with van der Waals surface area (Å²) < 4.78 is 0. The van der Waals surface area contributed by atoms with Gasteiger partial charge in [-0.05, 0) is 17.2 Å². The molecule has 0 aliphatic rings. The monoisotopic (exact) mass is 283 g/mol. The standard InChI is InChI=1S/C16H16N2O3/c1-10(2)15-17-13(9-14(19)18-15)8-5-11-3-6-12(7-4-11)16(20)21/h3-10H,1-2H3,(H,20,21)(H,17,18,19)/p-1/b8-5+. The van der Waals surface area contributed by atoms with Crippen molar-refractivity contribution in [1.29, 1.82) is 0 Å². The van der Waals surface area contributed by atoms with E-state index in [4.69, 9.17) is 0 Å². The van der Waals surface area contributed by atoms with Crippen molar-refractivity contribution in [3.8, 4) is 0 Å². The van der Waals surface area contributed by atoms with E-state index in [0.717, 1.165) is 5.56 Å². The molecule has 0 aliphatic carbocycles. The summed E-state index contributed by atoms with van der Waals surface area (Å²) >= 11 is 0. The number of carbonyl (C=O) groups is 1. The summed E-state index contributed by atoms with van der Waals surface area (Å²) in [6, 6.07) is 7.69. The van der Waals surface area contributed by atoms with Crippen LogP contribution in [0.3, 0.4) is 0 Å². The lowest BCUT2D eigenvalue weighted by molar-refractivity contribution is -0.255. The number of hydrogen-bond acceptors (Lipinski definition) is 4. The van der Waals surface area contributed by atoms with Crippen molar-refractivity contribution in [2.75, 3.05) is 0 Å². The fourth-order valence-electron chi connectivity index (χ4n) is 1.77. The van der Waals surface area contributed by atoms with Crippen LogP contribution in [-0.4, -0.2) is 15.9 Å². The van der Waals surface area contributed by atoms with Crippen LogP contribution >= 0.6 is 0 Å². The SMILES string of the molecule is CC(C)c1nc(/C=C/c2ccc(C(=O)[O-])cc2)cc(=O)[nH]1. The Morgan fingerprint density at radius 2 is 1.90 bits per heavy atom. The Kier molecular flexibility index (Phi) is 4.33. The lowest BCUT2D eigenvalue weighted by Gasteiger charge is -2.04. The van der Waals surface area contributed by atoms with Gasteiger partial charge in [0.05, 0.1) is 11.7 Å². The van der Waals surface area contributed by atoms with E-state index in [1.54, 1.807) is 24.3 Å². The molecule has 108 valence electrons. The number of hydrogen-bond donors (Lipinski definition) is 1. The molecule has 0 unspecified atom stereocenters. The number of carbonyl (C=O) groups excluding carboxylic acids is 1. The van der Waals surface area contributed by atoms with Gasteiger partial charge in [0.2, 0.25) is 0 Å². The summed E-state index contributed by atoms with van der Waals surface area (Å²) in [5.41, 5.74) is 1.31. The third-order valence-corrected chi connectivity index (χ3v) is 2.92. The molecule has 0 amide bonds. The third kappa shape index (κ3) is 3.89. The van der Waals surface area contributed by atoms with Gasteiger partial charge in [0, 0.05) is 12.0 Å². The van der Waals surface area contributed by atoms with Gasteiger partial charge in [-0.25, -0.2) is 4.98 Å². The highest BCUT2D eigenvalue weighted by Gasteiger charge is 2.03. The van der Waals surface area contributed by atoms with E-state index in [0.29, 0.717) is 11.5 Å². The van der Waals surface area contributed by atoms with Gasteiger partial charge < -0.3 is 14.9 Å². The second kappa shape index (κ2) is 6.17. The molecule has 0 bridgehead atoms. The Labute approximate surface area is 122 Å². The summed E-state index contributed by atoms with van der Waals surface area (Å²) in [7, 11) is 0. The zero-order valence-corrected chi connectivity index (χ0v) is 11.8. The molecular weight excluding hydrogens is 268 g/mol. The van der Waals surface area contributed by atoms with Crippen LogP contribution in [0.2, 0.25) is 0 Å². The van der Waals surface area contributed by atoms with Gasteiger partial charge in [0.1, 0.15) is 5.82 Å². The van der Waals surface area contributed by atoms with Gasteiger partial charge in [-0.2, -0.15) is 0 Å². The number of nitrogens with one attached hydrogen (secondary N) is 1. The Hall–Kier alpha value is -2.69. The molecule has 2 rings (SSSR count). The fraction of sp³-hybridized carbons (Fsp3) is 0.188. The summed E-state index contributed by atoms with van der Waals surface area (Å²) in [6.45, 7) is 3.90. The van der Waals surface area contributed by atoms with E-state index in [2.05, 4.69) is 9.97 Å². The third-order valence-electron chi connectivity index (χ3n) is 2.92. The van der Waals surface area contributed by atoms with Crippen LogP contribution in [0.15, 0.2) is 35.1 Å². The molecule has 0 fully saturated rings. The Balaban J connectivity index is 2.24. The van der Waals surface area contributed by atoms with E-state index in [9.17, 15) is 14.7 Å². The summed E-state index contributed by atoms with van der Waals surface area (Å²) in [4.78, 5) is 29.2. The fourth-order valence-corrected chi connectivity index (χ4v) is 1.77. The van der Waals surface area contributed by atoms with E-state index < -0.39 is 5.97 Å². The van der Waals surface area contributed by atoms with E-state index >= 15 is 0 Å². The highest BCUT2D eigenvalue weighted by Crippen LogP contribution is 2.10. The van der Waals surface area contributed by atoms with Crippen LogP contribution in [0.5, 0.6) is 0 Å². The van der Waals surface area contributed by atoms with Crippen LogP contribution in [0.25, 0.3) is 12.2 Å². The minimum absolute atomic E-state index is 0.128. The number of carboxylic acids is 1. The number of carboxylic acid groups (broad SMARTS) is 1. The normalized spacial score (nSPS) is 11.2. The van der Waals surface area contributed by atoms with Crippen molar-refractivity contribution in [3.05, 3.63) is 63.3 Å². The van der Waals surface area contributed by atoms with Gasteiger partial charge in [0.25, 0.3) is 5.56 Å². The molecule has 21 heavy (non-hydrogen) atoms. The minimum atomic E-state index is -1.21. The van der Waals surface area contributed by atoms with Crippen LogP contribution < -0.4 is 10.7 Å². The molecule has 5 nitrogen and oxygen atoms in total. The smallest absolute Gasteiger partial charge is 0.251 e. The molecule has 0 saturated heterocycles. The van der Waals surface area contributed by atoms with E-state index in [-0.39, 0.29) is 17.0 Å². The Bertz CT molecular complexity index is 728. The Morgan fingerprint density at radius 3 is 2.48 bits per heavy atom. The van der Waals surface area contributed by atoms with Crippen molar-refractivity contribution in [2.24, 2.45) is 0 Å². The zero-order valence-electron chi connectivity index (χ0n) is 11.8. The van der Waals surface area contributed by atoms with Gasteiger partial charge in [-0.3, -0.25) is 4.79 Å². The number of H-pyrrole nitrogens is 1. The average Bonchev–Trinajstić information content (AvgIpc) is 2.45. The number of aromatic carboxylic acids is 1. The van der Waals surface area contributed by atoms with Crippen molar-refractivity contribution >= 4 is 18.1 Å². The molecule has 0 radical (unpaired) electrons. The Morgan fingerprint density at radius 1 is 1.24 bits per heavy atom. The molecule has 0 aliphatic heterocycles. The number of rotatable bonds is 4. The highest BCUT2D eigenvalue weighted by molar-refractivity contribution is 5.86.